The first-order valence-corrected chi connectivity index (χ1v) is 11.9. The predicted octanol–water partition coefficient (Wildman–Crippen LogP) is 6.09. The summed E-state index contributed by atoms with van der Waals surface area (Å²) in [4.78, 5) is 0. The van der Waals surface area contributed by atoms with Crippen LogP contribution in [0, 0.1) is 0 Å². The molecule has 0 bridgehead atoms. The van der Waals surface area contributed by atoms with Crippen LogP contribution in [-0.4, -0.2) is 26.3 Å². The zero-order chi connectivity index (χ0) is 23.2. The molecule has 1 heterocycles. The summed E-state index contributed by atoms with van der Waals surface area (Å²) in [6.07, 6.45) is 1.23. The minimum Gasteiger partial charge on any atom is -0.497 e. The molecule has 1 saturated heterocycles. The number of fused-ring (bicyclic) bond motifs is 1. The van der Waals surface area contributed by atoms with Crippen molar-refractivity contribution >= 4 is 10.8 Å². The van der Waals surface area contributed by atoms with E-state index in [1.54, 1.807) is 7.11 Å². The second-order valence-electron chi connectivity index (χ2n) is 8.84. The topological polar surface area (TPSA) is 39.7 Å². The van der Waals surface area contributed by atoms with E-state index in [0.717, 1.165) is 36.6 Å². The van der Waals surface area contributed by atoms with Gasteiger partial charge in [0, 0.05) is 12.5 Å². The lowest BCUT2D eigenvalue weighted by Crippen LogP contribution is -2.40. The van der Waals surface area contributed by atoms with Crippen LogP contribution in [0.1, 0.15) is 29.0 Å². The van der Waals surface area contributed by atoms with Crippen molar-refractivity contribution in [2.45, 2.75) is 31.7 Å². The van der Waals surface area contributed by atoms with Crippen molar-refractivity contribution in [2.75, 3.05) is 20.2 Å². The normalized spacial score (nSPS) is 18.0. The van der Waals surface area contributed by atoms with E-state index in [2.05, 4.69) is 72.0 Å². The van der Waals surface area contributed by atoms with E-state index < -0.39 is 0 Å². The molecule has 2 atom stereocenters. The van der Waals surface area contributed by atoms with Gasteiger partial charge in [-0.25, -0.2) is 0 Å². The van der Waals surface area contributed by atoms with Crippen molar-refractivity contribution in [3.05, 3.63) is 108 Å². The zero-order valence-corrected chi connectivity index (χ0v) is 19.6. The molecule has 1 fully saturated rings. The lowest BCUT2D eigenvalue weighted by atomic mass is 9.87. The first-order valence-electron chi connectivity index (χ1n) is 11.9. The molecule has 4 aromatic rings. The van der Waals surface area contributed by atoms with Gasteiger partial charge < -0.3 is 19.5 Å². The van der Waals surface area contributed by atoms with Crippen LogP contribution in [0.4, 0.5) is 0 Å². The van der Waals surface area contributed by atoms with E-state index in [1.807, 2.05) is 24.3 Å². The summed E-state index contributed by atoms with van der Waals surface area (Å²) in [6.45, 7) is 3.06. The van der Waals surface area contributed by atoms with Gasteiger partial charge in [0.2, 0.25) is 0 Å². The maximum Gasteiger partial charge on any atom is 0.120 e. The highest BCUT2D eigenvalue weighted by molar-refractivity contribution is 5.82. The molecular weight excluding hydrogens is 422 g/mol. The summed E-state index contributed by atoms with van der Waals surface area (Å²) in [7, 11) is 1.67. The Hall–Kier alpha value is -3.34. The molecule has 0 saturated carbocycles. The molecule has 0 aromatic heterocycles. The van der Waals surface area contributed by atoms with E-state index in [4.69, 9.17) is 14.2 Å². The highest BCUT2D eigenvalue weighted by Crippen LogP contribution is 2.29. The zero-order valence-electron chi connectivity index (χ0n) is 19.6. The molecule has 4 heteroatoms. The van der Waals surface area contributed by atoms with Crippen molar-refractivity contribution in [1.82, 2.24) is 5.32 Å². The van der Waals surface area contributed by atoms with E-state index in [1.165, 1.54) is 21.9 Å². The van der Waals surface area contributed by atoms with Gasteiger partial charge in [-0.3, -0.25) is 0 Å². The van der Waals surface area contributed by atoms with Gasteiger partial charge in [-0.15, -0.1) is 0 Å². The largest absolute Gasteiger partial charge is 0.497 e. The molecule has 4 aromatic carbocycles. The second kappa shape index (κ2) is 10.7. The summed E-state index contributed by atoms with van der Waals surface area (Å²) >= 11 is 0. The van der Waals surface area contributed by atoms with Crippen LogP contribution in [0.3, 0.4) is 0 Å². The molecule has 0 radical (unpaired) electrons. The van der Waals surface area contributed by atoms with Crippen LogP contribution in [0.25, 0.3) is 10.8 Å². The third kappa shape index (κ3) is 5.41. The number of hydrogen-bond acceptors (Lipinski definition) is 4. The summed E-state index contributed by atoms with van der Waals surface area (Å²) in [5, 5.41) is 6.03. The number of nitrogens with one attached hydrogen (secondary N) is 1. The molecule has 4 nitrogen and oxygen atoms in total. The smallest absolute Gasteiger partial charge is 0.120 e. The SMILES string of the molecule is COc1ccc(OCc2ccc(C3CCNCC3OCc3ccc4ccccc4c3)cc2)cc1. The van der Waals surface area contributed by atoms with E-state index in [-0.39, 0.29) is 6.10 Å². The Balaban J connectivity index is 1.20. The first kappa shape index (κ1) is 22.5. The van der Waals surface area contributed by atoms with Crippen LogP contribution in [0.2, 0.25) is 0 Å². The van der Waals surface area contributed by atoms with E-state index in [9.17, 15) is 0 Å². The molecule has 0 spiro atoms. The van der Waals surface area contributed by atoms with Crippen LogP contribution >= 0.6 is 0 Å². The second-order valence-corrected chi connectivity index (χ2v) is 8.84. The predicted molar refractivity (Wildman–Crippen MR) is 137 cm³/mol. The van der Waals surface area contributed by atoms with E-state index in [0.29, 0.717) is 19.1 Å². The molecule has 0 amide bonds. The molecule has 0 aliphatic carbocycles. The first-order chi connectivity index (χ1) is 16.8. The number of ether oxygens (including phenoxy) is 3. The van der Waals surface area contributed by atoms with Crippen molar-refractivity contribution in [3.63, 3.8) is 0 Å². The number of benzene rings is 4. The van der Waals surface area contributed by atoms with Gasteiger partial charge in [0.25, 0.3) is 0 Å². The lowest BCUT2D eigenvalue weighted by molar-refractivity contribution is 0.0106. The molecule has 1 aliphatic rings. The van der Waals surface area contributed by atoms with Crippen molar-refractivity contribution < 1.29 is 14.2 Å². The highest BCUT2D eigenvalue weighted by Gasteiger charge is 2.27. The Morgan fingerprint density at radius 1 is 0.765 bits per heavy atom. The Bertz CT molecular complexity index is 1200. The molecule has 1 aliphatic heterocycles. The number of piperidine rings is 1. The van der Waals surface area contributed by atoms with Crippen LogP contribution < -0.4 is 14.8 Å². The maximum absolute atomic E-state index is 6.44. The van der Waals surface area contributed by atoms with Gasteiger partial charge in [-0.05, 0) is 70.8 Å². The average molecular weight is 454 g/mol. The summed E-state index contributed by atoms with van der Waals surface area (Å²) in [5.41, 5.74) is 3.70. The van der Waals surface area contributed by atoms with Crippen LogP contribution in [-0.2, 0) is 18.0 Å². The molecule has 1 N–H and O–H groups in total. The summed E-state index contributed by atoms with van der Waals surface area (Å²) < 4.78 is 17.6. The quantitative estimate of drug-likeness (QED) is 0.350. The molecule has 2 unspecified atom stereocenters. The summed E-state index contributed by atoms with van der Waals surface area (Å²) in [5.74, 6) is 2.06. The Morgan fingerprint density at radius 3 is 2.29 bits per heavy atom. The number of rotatable bonds is 8. The van der Waals surface area contributed by atoms with E-state index >= 15 is 0 Å². The fourth-order valence-electron chi connectivity index (χ4n) is 4.62. The Kier molecular flexibility index (Phi) is 7.08. The fourth-order valence-corrected chi connectivity index (χ4v) is 4.62. The number of methoxy groups -OCH3 is 1. The third-order valence-electron chi connectivity index (χ3n) is 6.58. The highest BCUT2D eigenvalue weighted by atomic mass is 16.5. The van der Waals surface area contributed by atoms with Crippen molar-refractivity contribution in [1.29, 1.82) is 0 Å². The van der Waals surface area contributed by atoms with Gasteiger partial charge in [0.15, 0.2) is 0 Å². The molecule has 5 rings (SSSR count). The van der Waals surface area contributed by atoms with Crippen molar-refractivity contribution in [3.8, 4) is 11.5 Å². The van der Waals surface area contributed by atoms with Gasteiger partial charge in [0.1, 0.15) is 18.1 Å². The maximum atomic E-state index is 6.44. The molecular formula is C30H31NO3. The van der Waals surface area contributed by atoms with Gasteiger partial charge in [-0.1, -0.05) is 60.7 Å². The molecule has 34 heavy (non-hydrogen) atoms. The van der Waals surface area contributed by atoms with Crippen molar-refractivity contribution in [2.24, 2.45) is 0 Å². The standard InChI is InChI=1S/C30H31NO3/c1-32-27-12-14-28(15-13-27)33-20-22-6-10-25(11-7-22)29-16-17-31-19-30(29)34-21-23-8-9-24-4-2-3-5-26(24)18-23/h2-15,18,29-31H,16-17,19-21H2,1H3. The fraction of sp³-hybridized carbons (Fsp3) is 0.267. The lowest BCUT2D eigenvalue weighted by Gasteiger charge is -2.32. The number of hydrogen-bond donors (Lipinski definition) is 1. The van der Waals surface area contributed by atoms with Gasteiger partial charge >= 0.3 is 0 Å². The summed E-state index contributed by atoms with van der Waals surface area (Å²) in [6, 6.07) is 31.5. The average Bonchev–Trinajstić information content (AvgIpc) is 2.91. The minimum absolute atomic E-state index is 0.154. The van der Waals surface area contributed by atoms with Crippen LogP contribution in [0.15, 0.2) is 91.0 Å². The minimum atomic E-state index is 0.154. The van der Waals surface area contributed by atoms with Crippen LogP contribution in [0.5, 0.6) is 11.5 Å². The third-order valence-corrected chi connectivity index (χ3v) is 6.58. The molecule has 174 valence electrons. The van der Waals surface area contributed by atoms with Gasteiger partial charge in [0.05, 0.1) is 19.8 Å². The monoisotopic (exact) mass is 453 g/mol. The van der Waals surface area contributed by atoms with Gasteiger partial charge in [-0.2, -0.15) is 0 Å². The Morgan fingerprint density at radius 2 is 1.50 bits per heavy atom. The Labute approximate surface area is 201 Å².